The molecule has 0 spiro atoms. The smallest absolute Gasteiger partial charge is 0.252 e. The summed E-state index contributed by atoms with van der Waals surface area (Å²) in [5.41, 5.74) is 3.20. The van der Waals surface area contributed by atoms with Crippen molar-refractivity contribution in [2.75, 3.05) is 13.1 Å². The first-order valence-corrected chi connectivity index (χ1v) is 5.88. The minimum absolute atomic E-state index is 0.108. The van der Waals surface area contributed by atoms with Gasteiger partial charge in [-0.1, -0.05) is 18.2 Å². The summed E-state index contributed by atoms with van der Waals surface area (Å²) in [6.07, 6.45) is 1.03. The molecule has 1 saturated heterocycles. The molecule has 16 heavy (non-hydrogen) atoms. The van der Waals surface area contributed by atoms with Gasteiger partial charge in [0.05, 0.1) is 0 Å². The Morgan fingerprint density at radius 1 is 1.38 bits per heavy atom. The lowest BCUT2D eigenvalue weighted by Gasteiger charge is -2.38. The monoisotopic (exact) mass is 216 g/mol. The van der Waals surface area contributed by atoms with Crippen molar-refractivity contribution in [3.8, 4) is 0 Å². The average molecular weight is 216 g/mol. The van der Waals surface area contributed by atoms with Gasteiger partial charge in [0.25, 0.3) is 5.91 Å². The van der Waals surface area contributed by atoms with Crippen molar-refractivity contribution in [2.24, 2.45) is 0 Å². The number of rotatable bonds is 0. The number of nitrogens with one attached hydrogen (secondary N) is 2. The molecule has 3 nitrogen and oxygen atoms in total. The highest BCUT2D eigenvalue weighted by Crippen LogP contribution is 2.32. The molecule has 2 heterocycles. The van der Waals surface area contributed by atoms with Crippen molar-refractivity contribution in [2.45, 2.75) is 25.3 Å². The van der Waals surface area contributed by atoms with E-state index in [4.69, 9.17) is 0 Å². The lowest BCUT2D eigenvalue weighted by atomic mass is 9.80. The van der Waals surface area contributed by atoms with Gasteiger partial charge in [-0.2, -0.15) is 0 Å². The Bertz CT molecular complexity index is 442. The number of piperidine rings is 1. The highest BCUT2D eigenvalue weighted by molar-refractivity contribution is 5.98. The third kappa shape index (κ3) is 1.35. The second-order valence-electron chi connectivity index (χ2n) is 4.72. The first-order chi connectivity index (χ1) is 7.77. The Hall–Kier alpha value is -1.35. The molecule has 1 aromatic rings. The Kier molecular flexibility index (Phi) is 2.21. The standard InChI is InChI=1S/C13H16N2O/c1-8-3-2-4-9-10-7-14-6-5-11(10)15-13(16)12(8)9/h2-4,10-11,14H,5-7H2,1H3,(H,15,16)/t10-,11-/m0/s1. The number of carbonyl (C=O) groups excluding carboxylic acids is 1. The van der Waals surface area contributed by atoms with Gasteiger partial charge in [0.1, 0.15) is 0 Å². The molecule has 2 aliphatic rings. The number of carbonyl (C=O) groups is 1. The minimum atomic E-state index is 0.108. The first-order valence-electron chi connectivity index (χ1n) is 5.88. The van der Waals surface area contributed by atoms with E-state index in [0.29, 0.717) is 12.0 Å². The second-order valence-corrected chi connectivity index (χ2v) is 4.72. The summed E-state index contributed by atoms with van der Waals surface area (Å²) < 4.78 is 0. The Labute approximate surface area is 95.2 Å². The minimum Gasteiger partial charge on any atom is -0.349 e. The summed E-state index contributed by atoms with van der Waals surface area (Å²) in [5.74, 6) is 0.553. The molecule has 0 aromatic heterocycles. The molecule has 3 rings (SSSR count). The lowest BCUT2D eigenvalue weighted by molar-refractivity contribution is 0.0904. The lowest BCUT2D eigenvalue weighted by Crippen LogP contribution is -2.52. The maximum atomic E-state index is 12.0. The number of hydrogen-bond acceptors (Lipinski definition) is 2. The summed E-state index contributed by atoms with van der Waals surface area (Å²) in [6, 6.07) is 6.49. The molecule has 1 fully saturated rings. The van der Waals surface area contributed by atoms with E-state index in [1.165, 1.54) is 5.56 Å². The number of benzene rings is 1. The number of fused-ring (bicyclic) bond motifs is 3. The van der Waals surface area contributed by atoms with Crippen LogP contribution in [0.5, 0.6) is 0 Å². The molecular weight excluding hydrogens is 200 g/mol. The average Bonchev–Trinajstić information content (AvgIpc) is 2.29. The van der Waals surface area contributed by atoms with Gasteiger partial charge < -0.3 is 10.6 Å². The van der Waals surface area contributed by atoms with Crippen LogP contribution in [-0.4, -0.2) is 25.0 Å². The van der Waals surface area contributed by atoms with E-state index in [1.54, 1.807) is 0 Å². The van der Waals surface area contributed by atoms with Crippen LogP contribution in [0.3, 0.4) is 0 Å². The van der Waals surface area contributed by atoms with Crippen LogP contribution in [0.1, 0.15) is 33.8 Å². The van der Waals surface area contributed by atoms with E-state index < -0.39 is 0 Å². The van der Waals surface area contributed by atoms with Crippen LogP contribution in [0.15, 0.2) is 18.2 Å². The maximum absolute atomic E-state index is 12.0. The number of aryl methyl sites for hydroxylation is 1. The second kappa shape index (κ2) is 3.59. The molecule has 84 valence electrons. The largest absolute Gasteiger partial charge is 0.349 e. The molecule has 2 aliphatic heterocycles. The fraction of sp³-hybridized carbons (Fsp3) is 0.462. The van der Waals surface area contributed by atoms with Crippen molar-refractivity contribution < 1.29 is 4.79 Å². The quantitative estimate of drug-likeness (QED) is 0.684. The van der Waals surface area contributed by atoms with E-state index in [-0.39, 0.29) is 5.91 Å². The van der Waals surface area contributed by atoms with Crippen LogP contribution in [0.25, 0.3) is 0 Å². The molecule has 0 aliphatic carbocycles. The van der Waals surface area contributed by atoms with Crippen molar-refractivity contribution in [1.82, 2.24) is 10.6 Å². The summed E-state index contributed by atoms with van der Waals surface area (Å²) in [7, 11) is 0. The Morgan fingerprint density at radius 3 is 3.12 bits per heavy atom. The van der Waals surface area contributed by atoms with Crippen LogP contribution < -0.4 is 10.6 Å². The van der Waals surface area contributed by atoms with Crippen LogP contribution in [0, 0.1) is 6.92 Å². The zero-order chi connectivity index (χ0) is 11.1. The summed E-state index contributed by atoms with van der Waals surface area (Å²) in [4.78, 5) is 12.0. The predicted octanol–water partition coefficient (Wildman–Crippen LogP) is 1.18. The van der Waals surface area contributed by atoms with Gasteiger partial charge in [0.15, 0.2) is 0 Å². The maximum Gasteiger partial charge on any atom is 0.252 e. The molecule has 0 unspecified atom stereocenters. The topological polar surface area (TPSA) is 41.1 Å². The van der Waals surface area contributed by atoms with Crippen LogP contribution >= 0.6 is 0 Å². The highest BCUT2D eigenvalue weighted by atomic mass is 16.1. The van der Waals surface area contributed by atoms with E-state index in [1.807, 2.05) is 13.0 Å². The van der Waals surface area contributed by atoms with Gasteiger partial charge >= 0.3 is 0 Å². The Balaban J connectivity index is 2.11. The zero-order valence-corrected chi connectivity index (χ0v) is 9.42. The van der Waals surface area contributed by atoms with Gasteiger partial charge in [-0.15, -0.1) is 0 Å². The Morgan fingerprint density at radius 2 is 2.25 bits per heavy atom. The third-order valence-corrected chi connectivity index (χ3v) is 3.73. The summed E-state index contributed by atoms with van der Waals surface area (Å²) >= 11 is 0. The van der Waals surface area contributed by atoms with Crippen molar-refractivity contribution in [3.63, 3.8) is 0 Å². The first kappa shape index (κ1) is 9.85. The molecule has 2 atom stereocenters. The molecule has 3 heteroatoms. The van der Waals surface area contributed by atoms with Crippen LogP contribution in [-0.2, 0) is 0 Å². The molecular formula is C13H16N2O. The zero-order valence-electron chi connectivity index (χ0n) is 9.42. The molecule has 1 aromatic carbocycles. The van der Waals surface area contributed by atoms with Gasteiger partial charge in [-0.3, -0.25) is 4.79 Å². The van der Waals surface area contributed by atoms with E-state index in [0.717, 1.165) is 30.6 Å². The van der Waals surface area contributed by atoms with Gasteiger partial charge in [0.2, 0.25) is 0 Å². The van der Waals surface area contributed by atoms with Gasteiger partial charge in [-0.05, 0) is 31.0 Å². The normalized spacial score (nSPS) is 27.9. The number of hydrogen-bond donors (Lipinski definition) is 2. The van der Waals surface area contributed by atoms with Crippen LogP contribution in [0.4, 0.5) is 0 Å². The van der Waals surface area contributed by atoms with Crippen LogP contribution in [0.2, 0.25) is 0 Å². The van der Waals surface area contributed by atoms with E-state index in [2.05, 4.69) is 22.8 Å². The van der Waals surface area contributed by atoms with Crippen molar-refractivity contribution in [1.29, 1.82) is 0 Å². The fourth-order valence-electron chi connectivity index (χ4n) is 2.91. The van der Waals surface area contributed by atoms with Crippen molar-refractivity contribution in [3.05, 3.63) is 34.9 Å². The van der Waals surface area contributed by atoms with Crippen molar-refractivity contribution >= 4 is 5.91 Å². The highest BCUT2D eigenvalue weighted by Gasteiger charge is 2.35. The SMILES string of the molecule is Cc1cccc2c1C(=O)N[C@H]1CCNC[C@@H]21. The fourth-order valence-corrected chi connectivity index (χ4v) is 2.91. The predicted molar refractivity (Wildman–Crippen MR) is 62.7 cm³/mol. The van der Waals surface area contributed by atoms with E-state index >= 15 is 0 Å². The summed E-state index contributed by atoms with van der Waals surface area (Å²) in [5, 5.41) is 6.54. The molecule has 0 saturated carbocycles. The molecule has 2 N–H and O–H groups in total. The van der Waals surface area contributed by atoms with E-state index in [9.17, 15) is 4.79 Å². The number of amides is 1. The summed E-state index contributed by atoms with van der Waals surface area (Å²) in [6.45, 7) is 3.99. The molecule has 0 radical (unpaired) electrons. The van der Waals surface area contributed by atoms with Gasteiger partial charge in [-0.25, -0.2) is 0 Å². The molecule has 0 bridgehead atoms. The third-order valence-electron chi connectivity index (χ3n) is 3.73. The molecule has 1 amide bonds. The van der Waals surface area contributed by atoms with Gasteiger partial charge in [0, 0.05) is 24.1 Å².